The first-order chi connectivity index (χ1) is 9.26. The minimum Gasteiger partial charge on any atom is -0.351 e. The average Bonchev–Trinajstić information content (AvgIpc) is 2.98. The van der Waals surface area contributed by atoms with Crippen LogP contribution in [-0.4, -0.2) is 30.8 Å². The second-order valence-electron chi connectivity index (χ2n) is 4.04. The highest BCUT2D eigenvalue weighted by molar-refractivity contribution is 5.37. The van der Waals surface area contributed by atoms with Crippen LogP contribution in [0, 0.1) is 0 Å². The lowest BCUT2D eigenvalue weighted by atomic mass is 10.2. The molecule has 0 aliphatic carbocycles. The maximum atomic E-state index is 5.38. The van der Waals surface area contributed by atoms with E-state index in [4.69, 9.17) is 5.84 Å². The minimum absolute atomic E-state index is 0.300. The van der Waals surface area contributed by atoms with E-state index in [0.717, 1.165) is 12.8 Å². The summed E-state index contributed by atoms with van der Waals surface area (Å²) in [5.74, 6) is 6.58. The first-order valence-corrected chi connectivity index (χ1v) is 6.26. The normalized spacial score (nSPS) is 10.7. The van der Waals surface area contributed by atoms with Crippen molar-refractivity contribution in [2.45, 2.75) is 32.7 Å². The van der Waals surface area contributed by atoms with Gasteiger partial charge in [0.05, 0.1) is 0 Å². The van der Waals surface area contributed by atoms with Gasteiger partial charge < -0.3 is 5.32 Å². The smallest absolute Gasteiger partial charge is 0.257 e. The summed E-state index contributed by atoms with van der Waals surface area (Å²) in [6, 6.07) is 2.12. The first kappa shape index (κ1) is 13.2. The van der Waals surface area contributed by atoms with Crippen molar-refractivity contribution in [3.05, 3.63) is 18.5 Å². The number of hydrazine groups is 1. The van der Waals surface area contributed by atoms with Gasteiger partial charge in [0.2, 0.25) is 11.9 Å². The van der Waals surface area contributed by atoms with Crippen molar-refractivity contribution in [2.75, 3.05) is 10.7 Å². The van der Waals surface area contributed by atoms with Gasteiger partial charge in [-0.25, -0.2) is 10.5 Å². The summed E-state index contributed by atoms with van der Waals surface area (Å²) in [5, 5.41) is 7.35. The number of anilines is 2. The van der Waals surface area contributed by atoms with Gasteiger partial charge in [-0.1, -0.05) is 13.8 Å². The Morgan fingerprint density at radius 2 is 1.95 bits per heavy atom. The fourth-order valence-electron chi connectivity index (χ4n) is 1.66. The van der Waals surface area contributed by atoms with Crippen LogP contribution in [0.2, 0.25) is 0 Å². The van der Waals surface area contributed by atoms with Crippen molar-refractivity contribution in [1.82, 2.24) is 24.7 Å². The number of nitrogens with zero attached hydrogens (tertiary/aromatic N) is 5. The van der Waals surface area contributed by atoms with Crippen LogP contribution in [0.1, 0.15) is 26.7 Å². The van der Waals surface area contributed by atoms with Gasteiger partial charge in [-0.15, -0.1) is 0 Å². The molecule has 8 heteroatoms. The molecule has 0 radical (unpaired) electrons. The Bertz CT molecular complexity index is 505. The van der Waals surface area contributed by atoms with E-state index < -0.39 is 0 Å². The Labute approximate surface area is 111 Å². The van der Waals surface area contributed by atoms with Gasteiger partial charge in [-0.05, 0) is 18.9 Å². The average molecular weight is 262 g/mol. The summed E-state index contributed by atoms with van der Waals surface area (Å²) in [7, 11) is 0. The second-order valence-corrected chi connectivity index (χ2v) is 4.04. The topological polar surface area (TPSA) is 107 Å². The van der Waals surface area contributed by atoms with Crippen LogP contribution < -0.4 is 16.6 Å². The standard InChI is InChI=1S/C11H18N8/c1-3-8(4-2)14-9-15-10(18-12)17-11(16-9)19-7-5-6-13-19/h5-8H,3-4,12H2,1-2H3,(H2,14,15,16,17,18). The molecule has 0 aromatic carbocycles. The molecule has 0 spiro atoms. The summed E-state index contributed by atoms with van der Waals surface area (Å²) in [6.45, 7) is 4.22. The molecule has 0 aliphatic rings. The van der Waals surface area contributed by atoms with Crippen molar-refractivity contribution >= 4 is 11.9 Å². The summed E-state index contributed by atoms with van der Waals surface area (Å²) in [4.78, 5) is 12.7. The van der Waals surface area contributed by atoms with Gasteiger partial charge in [-0.3, -0.25) is 5.43 Å². The third kappa shape index (κ3) is 3.16. The predicted octanol–water partition coefficient (Wildman–Crippen LogP) is 0.943. The zero-order valence-corrected chi connectivity index (χ0v) is 11.0. The molecule has 8 nitrogen and oxygen atoms in total. The fraction of sp³-hybridized carbons (Fsp3) is 0.455. The third-order valence-electron chi connectivity index (χ3n) is 2.78. The van der Waals surface area contributed by atoms with E-state index in [1.165, 1.54) is 0 Å². The van der Waals surface area contributed by atoms with Gasteiger partial charge >= 0.3 is 0 Å². The zero-order chi connectivity index (χ0) is 13.7. The summed E-state index contributed by atoms with van der Waals surface area (Å²) < 4.78 is 1.56. The number of rotatable bonds is 6. The van der Waals surface area contributed by atoms with Crippen molar-refractivity contribution in [3.8, 4) is 5.95 Å². The number of hydrogen-bond acceptors (Lipinski definition) is 7. The molecule has 2 rings (SSSR count). The lowest BCUT2D eigenvalue weighted by Crippen LogP contribution is -2.21. The highest BCUT2D eigenvalue weighted by Crippen LogP contribution is 2.11. The first-order valence-electron chi connectivity index (χ1n) is 6.26. The Kier molecular flexibility index (Phi) is 4.24. The van der Waals surface area contributed by atoms with Crippen molar-refractivity contribution in [1.29, 1.82) is 0 Å². The highest BCUT2D eigenvalue weighted by Gasteiger charge is 2.10. The lowest BCUT2D eigenvalue weighted by Gasteiger charge is -2.15. The van der Waals surface area contributed by atoms with Crippen LogP contribution in [0.3, 0.4) is 0 Å². The molecule has 0 saturated carbocycles. The Morgan fingerprint density at radius 3 is 2.53 bits per heavy atom. The summed E-state index contributed by atoms with van der Waals surface area (Å²) >= 11 is 0. The van der Waals surface area contributed by atoms with E-state index in [1.807, 2.05) is 0 Å². The molecule has 102 valence electrons. The van der Waals surface area contributed by atoms with Crippen molar-refractivity contribution < 1.29 is 0 Å². The van der Waals surface area contributed by atoms with E-state index in [9.17, 15) is 0 Å². The highest BCUT2D eigenvalue weighted by atomic mass is 15.4. The van der Waals surface area contributed by atoms with E-state index in [-0.39, 0.29) is 0 Å². The van der Waals surface area contributed by atoms with Crippen molar-refractivity contribution in [2.24, 2.45) is 5.84 Å². The van der Waals surface area contributed by atoms with Crippen LogP contribution >= 0.6 is 0 Å². The Balaban J connectivity index is 2.31. The largest absolute Gasteiger partial charge is 0.351 e. The van der Waals surface area contributed by atoms with Crippen LogP contribution in [0.4, 0.5) is 11.9 Å². The SMILES string of the molecule is CCC(CC)Nc1nc(NN)nc(-n2cccn2)n1. The summed E-state index contributed by atoms with van der Waals surface area (Å²) in [5.41, 5.74) is 2.44. The quantitative estimate of drug-likeness (QED) is 0.525. The maximum absolute atomic E-state index is 5.38. The number of nitrogens with two attached hydrogens (primary N) is 1. The van der Waals surface area contributed by atoms with E-state index in [2.05, 4.69) is 44.6 Å². The lowest BCUT2D eigenvalue weighted by molar-refractivity contribution is 0.661. The van der Waals surface area contributed by atoms with E-state index >= 15 is 0 Å². The van der Waals surface area contributed by atoms with Gasteiger partial charge in [0.25, 0.3) is 5.95 Å². The number of nitrogens with one attached hydrogen (secondary N) is 2. The number of aromatic nitrogens is 5. The van der Waals surface area contributed by atoms with E-state index in [0.29, 0.717) is 23.9 Å². The molecular weight excluding hydrogens is 244 g/mol. The molecule has 0 unspecified atom stereocenters. The zero-order valence-electron chi connectivity index (χ0n) is 11.0. The van der Waals surface area contributed by atoms with Crippen LogP contribution in [0.15, 0.2) is 18.5 Å². The molecule has 0 fully saturated rings. The monoisotopic (exact) mass is 262 g/mol. The second kappa shape index (κ2) is 6.10. The van der Waals surface area contributed by atoms with E-state index in [1.54, 1.807) is 23.1 Å². The van der Waals surface area contributed by atoms with Gasteiger partial charge in [0, 0.05) is 18.4 Å². The summed E-state index contributed by atoms with van der Waals surface area (Å²) in [6.07, 6.45) is 5.40. The van der Waals surface area contributed by atoms with Crippen LogP contribution in [0.25, 0.3) is 5.95 Å². The molecule has 2 heterocycles. The molecule has 0 bridgehead atoms. The predicted molar refractivity (Wildman–Crippen MR) is 72.8 cm³/mol. The van der Waals surface area contributed by atoms with Gasteiger partial charge in [0.1, 0.15) is 0 Å². The van der Waals surface area contributed by atoms with Crippen LogP contribution in [0.5, 0.6) is 0 Å². The third-order valence-corrected chi connectivity index (χ3v) is 2.78. The molecule has 0 aliphatic heterocycles. The minimum atomic E-state index is 0.300. The van der Waals surface area contributed by atoms with Crippen molar-refractivity contribution in [3.63, 3.8) is 0 Å². The molecule has 0 saturated heterocycles. The maximum Gasteiger partial charge on any atom is 0.257 e. The molecule has 0 amide bonds. The molecule has 0 atom stereocenters. The van der Waals surface area contributed by atoms with Gasteiger partial charge in [0.15, 0.2) is 0 Å². The van der Waals surface area contributed by atoms with Gasteiger partial charge in [-0.2, -0.15) is 20.1 Å². The molecule has 2 aromatic rings. The Morgan fingerprint density at radius 1 is 1.21 bits per heavy atom. The number of hydrogen-bond donors (Lipinski definition) is 3. The number of nitrogen functional groups attached to an aromatic ring is 1. The molecule has 19 heavy (non-hydrogen) atoms. The van der Waals surface area contributed by atoms with Crippen LogP contribution in [-0.2, 0) is 0 Å². The molecular formula is C11H18N8. The fourth-order valence-corrected chi connectivity index (χ4v) is 1.66. The Hall–Kier alpha value is -2.22. The molecule has 2 aromatic heterocycles. The molecule has 4 N–H and O–H groups in total.